The fourth-order valence-electron chi connectivity index (χ4n) is 2.27. The normalized spacial score (nSPS) is 24.8. The molecule has 1 unspecified atom stereocenters. The number of nitrogens with zero attached hydrogens (tertiary/aromatic N) is 3. The number of aryl methyl sites for hydroxylation is 1. The molecule has 2 heterocycles. The average molecular weight is 251 g/mol. The highest BCUT2D eigenvalue weighted by Gasteiger charge is 2.25. The Hall–Kier alpha value is -1.36. The van der Waals surface area contributed by atoms with Gasteiger partial charge in [-0.25, -0.2) is 4.98 Å². The predicted octanol–water partition coefficient (Wildman–Crippen LogP) is 1.53. The van der Waals surface area contributed by atoms with Gasteiger partial charge in [-0.2, -0.15) is 4.98 Å². The highest BCUT2D eigenvalue weighted by molar-refractivity contribution is 5.40. The van der Waals surface area contributed by atoms with Crippen molar-refractivity contribution in [2.75, 3.05) is 25.1 Å². The van der Waals surface area contributed by atoms with Gasteiger partial charge in [0.1, 0.15) is 5.82 Å². The van der Waals surface area contributed by atoms with E-state index in [-0.39, 0.29) is 0 Å². The van der Waals surface area contributed by atoms with Crippen LogP contribution in [0, 0.1) is 6.92 Å². The summed E-state index contributed by atoms with van der Waals surface area (Å²) < 4.78 is 5.10. The Kier molecular flexibility index (Phi) is 3.71. The van der Waals surface area contributed by atoms with Gasteiger partial charge in [0.25, 0.3) is 0 Å². The number of hydrogen-bond donors (Lipinski definition) is 1. The van der Waals surface area contributed by atoms with E-state index in [1.54, 1.807) is 7.11 Å². The molecule has 1 saturated heterocycles. The number of rotatable bonds is 2. The number of ether oxygens (including phenoxy) is 1. The van der Waals surface area contributed by atoms with Crippen LogP contribution in [0.5, 0.6) is 6.01 Å². The molecule has 0 radical (unpaired) electrons. The number of hydrogen-bond acceptors (Lipinski definition) is 5. The Bertz CT molecular complexity index is 421. The van der Waals surface area contributed by atoms with Crippen molar-refractivity contribution >= 4 is 5.82 Å². The molecule has 0 saturated carbocycles. The van der Waals surface area contributed by atoms with Gasteiger partial charge >= 0.3 is 6.01 Å². The van der Waals surface area contributed by atoms with Crippen molar-refractivity contribution in [3.63, 3.8) is 0 Å². The van der Waals surface area contributed by atoms with Crippen LogP contribution in [-0.4, -0.2) is 40.9 Å². The number of aliphatic hydroxyl groups is 1. The molecule has 1 aliphatic rings. The molecule has 0 aliphatic carbocycles. The molecule has 0 amide bonds. The molecule has 5 heteroatoms. The Morgan fingerprint density at radius 3 is 2.83 bits per heavy atom. The number of methoxy groups -OCH3 is 1. The lowest BCUT2D eigenvalue weighted by Crippen LogP contribution is -2.29. The Morgan fingerprint density at radius 2 is 2.11 bits per heavy atom. The first kappa shape index (κ1) is 13.1. The van der Waals surface area contributed by atoms with Gasteiger partial charge in [0.15, 0.2) is 0 Å². The number of anilines is 1. The van der Waals surface area contributed by atoms with Gasteiger partial charge in [0, 0.05) is 24.8 Å². The summed E-state index contributed by atoms with van der Waals surface area (Å²) in [4.78, 5) is 10.8. The third-order valence-corrected chi connectivity index (χ3v) is 3.39. The first-order valence-electron chi connectivity index (χ1n) is 6.37. The van der Waals surface area contributed by atoms with Crippen LogP contribution in [0.25, 0.3) is 0 Å². The summed E-state index contributed by atoms with van der Waals surface area (Å²) in [7, 11) is 1.58. The maximum absolute atomic E-state index is 10.1. The second-order valence-electron chi connectivity index (χ2n) is 5.19. The quantitative estimate of drug-likeness (QED) is 0.864. The molecule has 0 spiro atoms. The van der Waals surface area contributed by atoms with Crippen molar-refractivity contribution < 1.29 is 9.84 Å². The SMILES string of the molecule is COc1nc(C)cc(N2CCCC(C)(O)CC2)n1. The third-order valence-electron chi connectivity index (χ3n) is 3.39. The van der Waals surface area contributed by atoms with E-state index in [9.17, 15) is 5.11 Å². The van der Waals surface area contributed by atoms with Crippen LogP contribution in [0.1, 0.15) is 31.9 Å². The monoisotopic (exact) mass is 251 g/mol. The largest absolute Gasteiger partial charge is 0.467 e. The van der Waals surface area contributed by atoms with Crippen LogP contribution in [0.4, 0.5) is 5.82 Å². The Balaban J connectivity index is 2.18. The lowest BCUT2D eigenvalue weighted by Gasteiger charge is -2.23. The smallest absolute Gasteiger partial charge is 0.318 e. The van der Waals surface area contributed by atoms with E-state index in [4.69, 9.17) is 4.74 Å². The predicted molar refractivity (Wildman–Crippen MR) is 70.0 cm³/mol. The minimum Gasteiger partial charge on any atom is -0.467 e. The van der Waals surface area contributed by atoms with Gasteiger partial charge in [0.2, 0.25) is 0 Å². The summed E-state index contributed by atoms with van der Waals surface area (Å²) in [6, 6.07) is 2.36. The molecular weight excluding hydrogens is 230 g/mol. The zero-order valence-electron chi connectivity index (χ0n) is 11.3. The second kappa shape index (κ2) is 5.10. The highest BCUT2D eigenvalue weighted by atomic mass is 16.5. The standard InChI is InChI=1S/C13H21N3O2/c1-10-9-11(15-12(14-10)18-3)16-7-4-5-13(2,17)6-8-16/h9,17H,4-8H2,1-3H3. The summed E-state index contributed by atoms with van der Waals surface area (Å²) in [5.74, 6) is 0.886. The molecule has 1 fully saturated rings. The summed E-state index contributed by atoms with van der Waals surface area (Å²) in [6.45, 7) is 5.56. The van der Waals surface area contributed by atoms with E-state index in [0.717, 1.165) is 43.9 Å². The lowest BCUT2D eigenvalue weighted by atomic mass is 9.98. The molecule has 1 aliphatic heterocycles. The third kappa shape index (κ3) is 3.10. The van der Waals surface area contributed by atoms with E-state index >= 15 is 0 Å². The fourth-order valence-corrected chi connectivity index (χ4v) is 2.27. The van der Waals surface area contributed by atoms with Crippen LogP contribution < -0.4 is 9.64 Å². The number of aromatic nitrogens is 2. The summed E-state index contributed by atoms with van der Waals surface area (Å²) in [5.41, 5.74) is 0.342. The summed E-state index contributed by atoms with van der Waals surface area (Å²) in [6.07, 6.45) is 2.57. The van der Waals surface area contributed by atoms with Gasteiger partial charge in [-0.1, -0.05) is 0 Å². The van der Waals surface area contributed by atoms with Crippen molar-refractivity contribution in [1.29, 1.82) is 0 Å². The second-order valence-corrected chi connectivity index (χ2v) is 5.19. The molecule has 1 N–H and O–H groups in total. The van der Waals surface area contributed by atoms with Gasteiger partial charge in [-0.15, -0.1) is 0 Å². The average Bonchev–Trinajstić information content (AvgIpc) is 2.49. The molecule has 0 aromatic carbocycles. The van der Waals surface area contributed by atoms with E-state index in [0.29, 0.717) is 6.01 Å². The topological polar surface area (TPSA) is 58.5 Å². The van der Waals surface area contributed by atoms with Crippen molar-refractivity contribution in [1.82, 2.24) is 9.97 Å². The van der Waals surface area contributed by atoms with Crippen LogP contribution >= 0.6 is 0 Å². The molecule has 18 heavy (non-hydrogen) atoms. The summed E-state index contributed by atoms with van der Waals surface area (Å²) in [5, 5.41) is 10.1. The molecular formula is C13H21N3O2. The van der Waals surface area contributed by atoms with Crippen LogP contribution in [-0.2, 0) is 0 Å². The Morgan fingerprint density at radius 1 is 1.33 bits per heavy atom. The first-order valence-corrected chi connectivity index (χ1v) is 6.37. The fraction of sp³-hybridized carbons (Fsp3) is 0.692. The zero-order valence-corrected chi connectivity index (χ0v) is 11.3. The van der Waals surface area contributed by atoms with E-state index in [1.165, 1.54) is 0 Å². The van der Waals surface area contributed by atoms with E-state index in [2.05, 4.69) is 14.9 Å². The van der Waals surface area contributed by atoms with Gasteiger partial charge in [-0.05, 0) is 33.1 Å². The lowest BCUT2D eigenvalue weighted by molar-refractivity contribution is 0.0481. The molecule has 100 valence electrons. The maximum Gasteiger partial charge on any atom is 0.318 e. The van der Waals surface area contributed by atoms with Crippen LogP contribution in [0.15, 0.2) is 6.07 Å². The first-order chi connectivity index (χ1) is 8.50. The minimum absolute atomic E-state index is 0.404. The van der Waals surface area contributed by atoms with Gasteiger partial charge in [0.05, 0.1) is 12.7 Å². The molecule has 1 aromatic rings. The minimum atomic E-state index is -0.555. The summed E-state index contributed by atoms with van der Waals surface area (Å²) >= 11 is 0. The zero-order chi connectivity index (χ0) is 13.2. The molecule has 1 aromatic heterocycles. The van der Waals surface area contributed by atoms with Crippen LogP contribution in [0.2, 0.25) is 0 Å². The van der Waals surface area contributed by atoms with E-state index in [1.807, 2.05) is 19.9 Å². The maximum atomic E-state index is 10.1. The molecule has 1 atom stereocenters. The molecule has 0 bridgehead atoms. The van der Waals surface area contributed by atoms with Crippen LogP contribution in [0.3, 0.4) is 0 Å². The van der Waals surface area contributed by atoms with Gasteiger partial charge < -0.3 is 14.7 Å². The molecule has 5 nitrogen and oxygen atoms in total. The Labute approximate surface area is 108 Å². The van der Waals surface area contributed by atoms with E-state index < -0.39 is 5.60 Å². The van der Waals surface area contributed by atoms with Crippen molar-refractivity contribution in [2.45, 2.75) is 38.7 Å². The van der Waals surface area contributed by atoms with Crippen molar-refractivity contribution in [3.05, 3.63) is 11.8 Å². The van der Waals surface area contributed by atoms with Crippen molar-refractivity contribution in [2.24, 2.45) is 0 Å². The van der Waals surface area contributed by atoms with Gasteiger partial charge in [-0.3, -0.25) is 0 Å². The molecule has 2 rings (SSSR count). The van der Waals surface area contributed by atoms with Crippen molar-refractivity contribution in [3.8, 4) is 6.01 Å². The highest BCUT2D eigenvalue weighted by Crippen LogP contribution is 2.25.